The molecule has 29 heavy (non-hydrogen) atoms. The van der Waals surface area contributed by atoms with Gasteiger partial charge in [-0.05, 0) is 53.8 Å². The molecule has 0 spiro atoms. The second-order valence-electron chi connectivity index (χ2n) is 8.21. The minimum Gasteiger partial charge on any atom is -0.383 e. The Hall–Kier alpha value is -1.70. The van der Waals surface area contributed by atoms with Crippen molar-refractivity contribution in [2.24, 2.45) is 5.92 Å². The molecule has 1 saturated heterocycles. The van der Waals surface area contributed by atoms with Crippen molar-refractivity contribution in [1.29, 1.82) is 0 Å². The van der Waals surface area contributed by atoms with Gasteiger partial charge in [-0.2, -0.15) is 0 Å². The molecule has 7 nitrogen and oxygen atoms in total. The molecule has 0 aliphatic carbocycles. The summed E-state index contributed by atoms with van der Waals surface area (Å²) < 4.78 is 7.13. The van der Waals surface area contributed by atoms with E-state index in [1.165, 1.54) is 16.8 Å². The van der Waals surface area contributed by atoms with E-state index in [4.69, 9.17) is 4.74 Å². The Morgan fingerprint density at radius 1 is 1.10 bits per heavy atom. The van der Waals surface area contributed by atoms with E-state index in [-0.39, 0.29) is 18.4 Å². The van der Waals surface area contributed by atoms with Crippen LogP contribution in [-0.2, 0) is 11.3 Å². The molecule has 0 N–H and O–H groups in total. The van der Waals surface area contributed by atoms with Crippen LogP contribution in [0.5, 0.6) is 0 Å². The van der Waals surface area contributed by atoms with Crippen LogP contribution < -0.4 is 4.90 Å². The van der Waals surface area contributed by atoms with Crippen molar-refractivity contribution in [3.63, 3.8) is 0 Å². The lowest BCUT2D eigenvalue weighted by molar-refractivity contribution is 0.145. The highest BCUT2D eigenvalue weighted by atomic mass is 35.5. The van der Waals surface area contributed by atoms with Gasteiger partial charge in [0.1, 0.15) is 0 Å². The Morgan fingerprint density at radius 3 is 2.48 bits per heavy atom. The van der Waals surface area contributed by atoms with Gasteiger partial charge < -0.3 is 9.64 Å². The van der Waals surface area contributed by atoms with Gasteiger partial charge in [0.2, 0.25) is 0 Å². The van der Waals surface area contributed by atoms with Gasteiger partial charge in [-0.25, -0.2) is 4.68 Å². The van der Waals surface area contributed by atoms with Crippen molar-refractivity contribution >= 4 is 18.1 Å². The lowest BCUT2D eigenvalue weighted by atomic mass is 10.0. The smallest absolute Gasteiger partial charge is 0.168 e. The van der Waals surface area contributed by atoms with Crippen LogP contribution in [0.2, 0.25) is 0 Å². The minimum atomic E-state index is 0. The molecule has 0 amide bonds. The fraction of sp³-hybridized carbons (Fsp3) is 0.667. The maximum Gasteiger partial charge on any atom is 0.168 e. The number of hydrogen-bond acceptors (Lipinski definition) is 6. The molecule has 1 aromatic heterocycles. The van der Waals surface area contributed by atoms with Crippen molar-refractivity contribution < 1.29 is 4.74 Å². The topological polar surface area (TPSA) is 59.3 Å². The highest BCUT2D eigenvalue weighted by Crippen LogP contribution is 2.29. The second-order valence-corrected chi connectivity index (χ2v) is 8.21. The normalized spacial score (nSPS) is 16.1. The first-order valence-electron chi connectivity index (χ1n) is 10.3. The maximum atomic E-state index is 5.22. The van der Waals surface area contributed by atoms with Crippen LogP contribution >= 0.6 is 12.4 Å². The molecule has 1 aliphatic heterocycles. The van der Waals surface area contributed by atoms with E-state index in [1.54, 1.807) is 7.11 Å². The molecule has 1 aromatic carbocycles. The van der Waals surface area contributed by atoms with Gasteiger partial charge in [0.05, 0.1) is 19.2 Å². The zero-order valence-electron chi connectivity index (χ0n) is 18.3. The summed E-state index contributed by atoms with van der Waals surface area (Å²) in [5.41, 5.74) is 4.03. The van der Waals surface area contributed by atoms with Crippen LogP contribution in [0.4, 0.5) is 5.69 Å². The number of halogens is 1. The molecule has 0 saturated carbocycles. The molecule has 0 radical (unpaired) electrons. The average Bonchev–Trinajstić information content (AvgIpc) is 3.14. The first-order valence-corrected chi connectivity index (χ1v) is 10.3. The fourth-order valence-electron chi connectivity index (χ4n) is 3.99. The molecule has 2 aromatic rings. The number of benzene rings is 1. The standard InChI is InChI=1S/C21H34N6O.ClH/c1-16(2)14-20(21-22-23-24-27(21)12-13-28-5)26-10-8-25(9-11-26)19-15-17(3)6-7-18(19)4;/h6-7,15-16,20H,8-14H2,1-5H3;1H. The third-order valence-electron chi connectivity index (χ3n) is 5.52. The van der Waals surface area contributed by atoms with E-state index in [9.17, 15) is 0 Å². The highest BCUT2D eigenvalue weighted by Gasteiger charge is 2.30. The van der Waals surface area contributed by atoms with Crippen LogP contribution in [0.1, 0.15) is 43.3 Å². The number of aryl methyl sites for hydroxylation is 2. The van der Waals surface area contributed by atoms with Crippen LogP contribution in [-0.4, -0.2) is 65.0 Å². The zero-order chi connectivity index (χ0) is 20.1. The molecule has 1 unspecified atom stereocenters. The van der Waals surface area contributed by atoms with Crippen molar-refractivity contribution in [3.05, 3.63) is 35.2 Å². The largest absolute Gasteiger partial charge is 0.383 e. The summed E-state index contributed by atoms with van der Waals surface area (Å²) in [6.45, 7) is 14.3. The van der Waals surface area contributed by atoms with Crippen LogP contribution in [0, 0.1) is 19.8 Å². The Balaban J connectivity index is 0.00000300. The third kappa shape index (κ3) is 5.90. The first-order chi connectivity index (χ1) is 13.5. The monoisotopic (exact) mass is 422 g/mol. The summed E-state index contributed by atoms with van der Waals surface area (Å²) in [6, 6.07) is 6.96. The number of aromatic nitrogens is 4. The number of anilines is 1. The van der Waals surface area contributed by atoms with Crippen molar-refractivity contribution in [2.45, 2.75) is 46.7 Å². The van der Waals surface area contributed by atoms with Crippen LogP contribution in [0.3, 0.4) is 0 Å². The maximum absolute atomic E-state index is 5.22. The van der Waals surface area contributed by atoms with Gasteiger partial charge in [0.15, 0.2) is 5.82 Å². The summed E-state index contributed by atoms with van der Waals surface area (Å²) in [5, 5.41) is 12.5. The van der Waals surface area contributed by atoms with E-state index < -0.39 is 0 Å². The third-order valence-corrected chi connectivity index (χ3v) is 5.52. The fourth-order valence-corrected chi connectivity index (χ4v) is 3.99. The molecule has 162 valence electrons. The number of hydrogen-bond donors (Lipinski definition) is 0. The second kappa shape index (κ2) is 10.9. The Kier molecular flexibility index (Phi) is 8.86. The number of piperazine rings is 1. The predicted octanol–water partition coefficient (Wildman–Crippen LogP) is 3.27. The Labute approximate surface area is 180 Å². The average molecular weight is 423 g/mol. The van der Waals surface area contributed by atoms with Gasteiger partial charge in [-0.1, -0.05) is 26.0 Å². The van der Waals surface area contributed by atoms with Crippen LogP contribution in [0.25, 0.3) is 0 Å². The van der Waals surface area contributed by atoms with E-state index in [0.717, 1.165) is 38.4 Å². The molecule has 1 atom stereocenters. The molecular formula is C21H35ClN6O. The summed E-state index contributed by atoms with van der Waals surface area (Å²) >= 11 is 0. The van der Waals surface area contributed by atoms with E-state index in [0.29, 0.717) is 19.1 Å². The zero-order valence-corrected chi connectivity index (χ0v) is 19.2. The summed E-state index contributed by atoms with van der Waals surface area (Å²) in [5.74, 6) is 1.54. The number of rotatable bonds is 8. The minimum absolute atomic E-state index is 0. The van der Waals surface area contributed by atoms with Gasteiger partial charge in [-0.3, -0.25) is 4.90 Å². The van der Waals surface area contributed by atoms with Gasteiger partial charge in [-0.15, -0.1) is 17.5 Å². The Bertz CT molecular complexity index is 757. The molecular weight excluding hydrogens is 388 g/mol. The SMILES string of the molecule is COCCn1nnnc1C(CC(C)C)N1CCN(c2cc(C)ccc2C)CC1.Cl. The van der Waals surface area contributed by atoms with E-state index >= 15 is 0 Å². The molecule has 0 bridgehead atoms. The predicted molar refractivity (Wildman–Crippen MR) is 119 cm³/mol. The number of methoxy groups -OCH3 is 1. The van der Waals surface area contributed by atoms with Gasteiger partial charge in [0, 0.05) is 39.0 Å². The number of nitrogens with zero attached hydrogens (tertiary/aromatic N) is 6. The lowest BCUT2D eigenvalue weighted by Crippen LogP contribution is -2.48. The summed E-state index contributed by atoms with van der Waals surface area (Å²) in [6.07, 6.45) is 1.05. The van der Waals surface area contributed by atoms with E-state index in [1.807, 2.05) is 4.68 Å². The first kappa shape index (κ1) is 23.6. The summed E-state index contributed by atoms with van der Waals surface area (Å²) in [7, 11) is 1.71. The van der Waals surface area contributed by atoms with Crippen molar-refractivity contribution in [1.82, 2.24) is 25.1 Å². The van der Waals surface area contributed by atoms with E-state index in [2.05, 4.69) is 71.2 Å². The quantitative estimate of drug-likeness (QED) is 0.650. The van der Waals surface area contributed by atoms with Gasteiger partial charge >= 0.3 is 0 Å². The van der Waals surface area contributed by atoms with Crippen molar-refractivity contribution in [3.8, 4) is 0 Å². The molecule has 3 rings (SSSR count). The number of ether oxygens (including phenoxy) is 1. The highest BCUT2D eigenvalue weighted by molar-refractivity contribution is 5.85. The van der Waals surface area contributed by atoms with Crippen molar-refractivity contribution in [2.75, 3.05) is 44.8 Å². The van der Waals surface area contributed by atoms with Crippen LogP contribution in [0.15, 0.2) is 18.2 Å². The Morgan fingerprint density at radius 2 is 1.83 bits per heavy atom. The summed E-state index contributed by atoms with van der Waals surface area (Å²) in [4.78, 5) is 5.07. The molecule has 1 aliphatic rings. The molecule has 2 heterocycles. The lowest BCUT2D eigenvalue weighted by Gasteiger charge is -2.40. The molecule has 1 fully saturated rings. The number of tetrazole rings is 1. The molecule has 8 heteroatoms. The van der Waals surface area contributed by atoms with Gasteiger partial charge in [0.25, 0.3) is 0 Å².